The van der Waals surface area contributed by atoms with E-state index in [2.05, 4.69) is 0 Å². The van der Waals surface area contributed by atoms with Crippen molar-refractivity contribution < 1.29 is 14.7 Å². The molecule has 1 unspecified atom stereocenters. The monoisotopic (exact) mass is 247 g/mol. The van der Waals surface area contributed by atoms with Gasteiger partial charge in [0, 0.05) is 6.04 Å². The summed E-state index contributed by atoms with van der Waals surface area (Å²) in [7, 11) is 0. The van der Waals surface area contributed by atoms with Gasteiger partial charge in [-0.2, -0.15) is 0 Å². The van der Waals surface area contributed by atoms with Gasteiger partial charge in [0.1, 0.15) is 0 Å². The molecule has 4 heteroatoms. The minimum absolute atomic E-state index is 0.0866. The quantitative estimate of drug-likeness (QED) is 0.810. The lowest BCUT2D eigenvalue weighted by molar-refractivity contribution is -0.147. The van der Waals surface area contributed by atoms with Crippen molar-refractivity contribution in [2.24, 2.45) is 0 Å². The number of aliphatic carboxylic acids is 1. The fourth-order valence-corrected chi connectivity index (χ4v) is 2.22. The Labute approximate surface area is 106 Å². The highest BCUT2D eigenvalue weighted by Gasteiger charge is 2.38. The highest BCUT2D eigenvalue weighted by atomic mass is 16.4. The molecule has 18 heavy (non-hydrogen) atoms. The molecule has 0 aliphatic heterocycles. The minimum atomic E-state index is -0.970. The SMILES string of the molecule is Cc1cccc(C(C(=O)O)N(C=O)C2CC2)c1C. The van der Waals surface area contributed by atoms with E-state index >= 15 is 0 Å². The Bertz CT molecular complexity index is 480. The van der Waals surface area contributed by atoms with Crippen molar-refractivity contribution >= 4 is 12.4 Å². The Morgan fingerprint density at radius 1 is 1.44 bits per heavy atom. The second kappa shape index (κ2) is 4.80. The summed E-state index contributed by atoms with van der Waals surface area (Å²) < 4.78 is 0. The van der Waals surface area contributed by atoms with Crippen molar-refractivity contribution in [1.82, 2.24) is 4.90 Å². The Balaban J connectivity index is 2.43. The van der Waals surface area contributed by atoms with Crippen LogP contribution in [-0.2, 0) is 9.59 Å². The van der Waals surface area contributed by atoms with E-state index in [0.29, 0.717) is 12.0 Å². The summed E-state index contributed by atoms with van der Waals surface area (Å²) >= 11 is 0. The first-order valence-electron chi connectivity index (χ1n) is 6.08. The average molecular weight is 247 g/mol. The lowest BCUT2D eigenvalue weighted by Crippen LogP contribution is -2.35. The lowest BCUT2D eigenvalue weighted by Gasteiger charge is -2.26. The maximum Gasteiger partial charge on any atom is 0.331 e. The Kier molecular flexibility index (Phi) is 3.36. The average Bonchev–Trinajstić information content (AvgIpc) is 3.14. The number of carbonyl (C=O) groups excluding carboxylic acids is 1. The van der Waals surface area contributed by atoms with Crippen molar-refractivity contribution in [3.05, 3.63) is 34.9 Å². The molecular formula is C14H17NO3. The molecule has 0 saturated heterocycles. The van der Waals surface area contributed by atoms with Gasteiger partial charge in [-0.3, -0.25) is 4.79 Å². The largest absolute Gasteiger partial charge is 0.479 e. The number of carboxylic acids is 1. The second-order valence-electron chi connectivity index (χ2n) is 4.81. The van der Waals surface area contributed by atoms with Gasteiger partial charge < -0.3 is 10.0 Å². The molecule has 0 aromatic heterocycles. The van der Waals surface area contributed by atoms with Crippen molar-refractivity contribution in [3.63, 3.8) is 0 Å². The van der Waals surface area contributed by atoms with Crippen LogP contribution < -0.4 is 0 Å². The molecule has 1 aliphatic rings. The zero-order chi connectivity index (χ0) is 13.3. The number of rotatable bonds is 5. The first-order valence-corrected chi connectivity index (χ1v) is 6.08. The summed E-state index contributed by atoms with van der Waals surface area (Å²) in [4.78, 5) is 24.1. The minimum Gasteiger partial charge on any atom is -0.479 e. The van der Waals surface area contributed by atoms with E-state index in [1.54, 1.807) is 6.07 Å². The number of carbonyl (C=O) groups is 2. The number of aryl methyl sites for hydroxylation is 1. The third kappa shape index (κ3) is 2.23. The van der Waals surface area contributed by atoms with Crippen LogP contribution in [0.25, 0.3) is 0 Å². The number of benzene rings is 1. The fourth-order valence-electron chi connectivity index (χ4n) is 2.22. The summed E-state index contributed by atoms with van der Waals surface area (Å²) in [5.41, 5.74) is 2.69. The van der Waals surface area contributed by atoms with Gasteiger partial charge in [-0.05, 0) is 43.4 Å². The zero-order valence-corrected chi connectivity index (χ0v) is 10.6. The first-order chi connectivity index (χ1) is 8.56. The zero-order valence-electron chi connectivity index (χ0n) is 10.6. The summed E-state index contributed by atoms with van der Waals surface area (Å²) in [5, 5.41) is 9.42. The predicted octanol–water partition coefficient (Wildman–Crippen LogP) is 2.05. The van der Waals surface area contributed by atoms with E-state index in [1.807, 2.05) is 26.0 Å². The molecule has 0 bridgehead atoms. The molecular weight excluding hydrogens is 230 g/mol. The summed E-state index contributed by atoms with van der Waals surface area (Å²) in [5.74, 6) is -0.970. The van der Waals surface area contributed by atoms with Crippen LogP contribution in [0, 0.1) is 13.8 Å². The van der Waals surface area contributed by atoms with Crippen molar-refractivity contribution in [3.8, 4) is 0 Å². The molecule has 1 saturated carbocycles. The lowest BCUT2D eigenvalue weighted by atomic mass is 9.96. The standard InChI is InChI=1S/C14H17NO3/c1-9-4-3-5-12(10(9)2)13(14(17)18)15(8-16)11-6-7-11/h3-5,8,11,13H,6-7H2,1-2H3,(H,17,18). The van der Waals surface area contributed by atoms with E-state index in [-0.39, 0.29) is 6.04 Å². The third-order valence-electron chi connectivity index (χ3n) is 3.56. The van der Waals surface area contributed by atoms with Crippen LogP contribution in [0.5, 0.6) is 0 Å². The molecule has 1 aromatic rings. The van der Waals surface area contributed by atoms with E-state index < -0.39 is 12.0 Å². The highest BCUT2D eigenvalue weighted by Crippen LogP contribution is 2.34. The number of carboxylic acid groups (broad SMARTS) is 1. The van der Waals surface area contributed by atoms with Gasteiger partial charge in [0.25, 0.3) is 0 Å². The molecule has 1 atom stereocenters. The molecule has 0 heterocycles. The first kappa shape index (κ1) is 12.6. The maximum absolute atomic E-state index is 11.5. The molecule has 96 valence electrons. The highest BCUT2D eigenvalue weighted by molar-refractivity contribution is 5.79. The fraction of sp³-hybridized carbons (Fsp3) is 0.429. The van der Waals surface area contributed by atoms with Gasteiger partial charge in [0.05, 0.1) is 0 Å². The van der Waals surface area contributed by atoms with Crippen LogP contribution >= 0.6 is 0 Å². The van der Waals surface area contributed by atoms with Crippen molar-refractivity contribution in [2.45, 2.75) is 38.8 Å². The van der Waals surface area contributed by atoms with Crippen LogP contribution in [0.3, 0.4) is 0 Å². The van der Waals surface area contributed by atoms with Gasteiger partial charge >= 0.3 is 5.97 Å². The number of hydrogen-bond acceptors (Lipinski definition) is 2. The topological polar surface area (TPSA) is 57.6 Å². The van der Waals surface area contributed by atoms with Gasteiger partial charge in [-0.25, -0.2) is 4.79 Å². The molecule has 1 amide bonds. The summed E-state index contributed by atoms with van der Waals surface area (Å²) in [6.45, 7) is 3.84. The van der Waals surface area contributed by atoms with Crippen LogP contribution in [0.2, 0.25) is 0 Å². The molecule has 2 rings (SSSR count). The normalized spacial score (nSPS) is 16.1. The number of nitrogens with zero attached hydrogens (tertiary/aromatic N) is 1. The second-order valence-corrected chi connectivity index (χ2v) is 4.81. The van der Waals surface area contributed by atoms with Gasteiger partial charge in [0.2, 0.25) is 6.41 Å². The van der Waals surface area contributed by atoms with Crippen molar-refractivity contribution in [1.29, 1.82) is 0 Å². The Morgan fingerprint density at radius 2 is 2.11 bits per heavy atom. The number of amides is 1. The van der Waals surface area contributed by atoms with Gasteiger partial charge in [0.15, 0.2) is 6.04 Å². The smallest absolute Gasteiger partial charge is 0.331 e. The van der Waals surface area contributed by atoms with E-state index in [4.69, 9.17) is 0 Å². The van der Waals surface area contributed by atoms with Crippen LogP contribution in [0.1, 0.15) is 35.6 Å². The molecule has 1 N–H and O–H groups in total. The molecule has 4 nitrogen and oxygen atoms in total. The third-order valence-corrected chi connectivity index (χ3v) is 3.56. The molecule has 0 radical (unpaired) electrons. The van der Waals surface area contributed by atoms with Crippen LogP contribution in [-0.4, -0.2) is 28.4 Å². The molecule has 1 aliphatic carbocycles. The van der Waals surface area contributed by atoms with E-state index in [0.717, 1.165) is 24.0 Å². The Morgan fingerprint density at radius 3 is 2.61 bits per heavy atom. The van der Waals surface area contributed by atoms with Crippen LogP contribution in [0.4, 0.5) is 0 Å². The summed E-state index contributed by atoms with van der Waals surface area (Å²) in [6, 6.07) is 4.79. The van der Waals surface area contributed by atoms with Gasteiger partial charge in [-0.1, -0.05) is 18.2 Å². The summed E-state index contributed by atoms with van der Waals surface area (Å²) in [6.07, 6.45) is 2.46. The number of hydrogen-bond donors (Lipinski definition) is 1. The molecule has 0 spiro atoms. The van der Waals surface area contributed by atoms with Gasteiger partial charge in [-0.15, -0.1) is 0 Å². The molecule has 1 aromatic carbocycles. The Hall–Kier alpha value is -1.84. The maximum atomic E-state index is 11.5. The van der Waals surface area contributed by atoms with E-state index in [9.17, 15) is 14.7 Å². The van der Waals surface area contributed by atoms with Crippen molar-refractivity contribution in [2.75, 3.05) is 0 Å². The van der Waals surface area contributed by atoms with Crippen LogP contribution in [0.15, 0.2) is 18.2 Å². The predicted molar refractivity (Wildman–Crippen MR) is 67.2 cm³/mol. The van der Waals surface area contributed by atoms with E-state index in [1.165, 1.54) is 4.90 Å². The molecule has 1 fully saturated rings.